The first kappa shape index (κ1) is 20.4. The van der Waals surface area contributed by atoms with Gasteiger partial charge in [-0.1, -0.05) is 13.0 Å². The lowest BCUT2D eigenvalue weighted by Crippen LogP contribution is -2.24. The number of urea groups is 1. The Hall–Kier alpha value is -1.92. The third-order valence-corrected chi connectivity index (χ3v) is 7.04. The Balaban J connectivity index is 0.000000994. The molecule has 2 aromatic rings. The highest BCUT2D eigenvalue weighted by Crippen LogP contribution is 2.39. The highest BCUT2D eigenvalue weighted by molar-refractivity contribution is 7.97. The van der Waals surface area contributed by atoms with E-state index in [9.17, 15) is 4.79 Å². The normalized spacial score (nSPS) is 18.9. The maximum atomic E-state index is 12.6. The summed E-state index contributed by atoms with van der Waals surface area (Å²) >= 11 is 1.28. The van der Waals surface area contributed by atoms with Crippen LogP contribution in [0.4, 0.5) is 10.5 Å². The zero-order chi connectivity index (χ0) is 20.4. The van der Waals surface area contributed by atoms with Gasteiger partial charge in [-0.2, -0.15) is 0 Å². The van der Waals surface area contributed by atoms with Crippen LogP contribution >= 0.6 is 11.9 Å². The molecule has 1 heterocycles. The summed E-state index contributed by atoms with van der Waals surface area (Å²) in [4.78, 5) is 12.6. The summed E-state index contributed by atoms with van der Waals surface area (Å²) in [6, 6.07) is 4.33. The van der Waals surface area contributed by atoms with E-state index in [-0.39, 0.29) is 6.03 Å². The number of furan rings is 1. The number of hydrogen-bond acceptors (Lipinski definition) is 4. The number of nitrogens with two attached hydrogens (primary N) is 1. The molecule has 156 valence electrons. The number of benzene rings is 1. The Morgan fingerprint density at radius 3 is 2.38 bits per heavy atom. The molecule has 1 atom stereocenters. The summed E-state index contributed by atoms with van der Waals surface area (Å²) in [5.74, 6) is 1.65. The van der Waals surface area contributed by atoms with E-state index in [2.05, 4.69) is 34.8 Å². The maximum absolute atomic E-state index is 12.6. The second kappa shape index (κ2) is 8.84. The lowest BCUT2D eigenvalue weighted by molar-refractivity contribution is 0.257. The van der Waals surface area contributed by atoms with Crippen molar-refractivity contribution in [3.63, 3.8) is 0 Å². The molecule has 29 heavy (non-hydrogen) atoms. The lowest BCUT2D eigenvalue weighted by atomic mass is 9.89. The zero-order valence-electron chi connectivity index (χ0n) is 17.4. The smallest absolute Gasteiger partial charge is 0.329 e. The molecule has 0 fully saturated rings. The van der Waals surface area contributed by atoms with Crippen molar-refractivity contribution in [2.45, 2.75) is 75.7 Å². The summed E-state index contributed by atoms with van der Waals surface area (Å²) < 4.78 is 8.87. The topological polar surface area (TPSA) is 80.3 Å². The van der Waals surface area contributed by atoms with Gasteiger partial charge in [-0.05, 0) is 98.2 Å². The second-order valence-corrected chi connectivity index (χ2v) is 8.94. The van der Waals surface area contributed by atoms with Crippen molar-refractivity contribution in [3.8, 4) is 0 Å². The largest absolute Gasteiger partial charge is 0.453 e. The van der Waals surface area contributed by atoms with Gasteiger partial charge in [0.15, 0.2) is 5.09 Å². The van der Waals surface area contributed by atoms with E-state index in [1.165, 1.54) is 72.5 Å². The summed E-state index contributed by atoms with van der Waals surface area (Å²) in [6.07, 6.45) is 10.2. The van der Waals surface area contributed by atoms with Crippen LogP contribution in [-0.4, -0.2) is 13.1 Å². The Morgan fingerprint density at radius 1 is 1.03 bits per heavy atom. The molecular weight excluding hydrogens is 382 g/mol. The number of nitrogens with one attached hydrogen (secondary N) is 2. The molecule has 0 saturated heterocycles. The van der Waals surface area contributed by atoms with Crippen LogP contribution in [0.2, 0.25) is 0 Å². The molecule has 6 heteroatoms. The molecule has 1 unspecified atom stereocenters. The van der Waals surface area contributed by atoms with E-state index < -0.39 is 0 Å². The molecule has 3 aliphatic carbocycles. The number of amides is 2. The van der Waals surface area contributed by atoms with Gasteiger partial charge in [-0.3, -0.25) is 4.72 Å². The molecule has 2 amide bonds. The van der Waals surface area contributed by atoms with Gasteiger partial charge in [-0.25, -0.2) is 4.79 Å². The number of aryl methyl sites for hydroxylation is 3. The molecule has 0 spiro atoms. The summed E-state index contributed by atoms with van der Waals surface area (Å²) in [7, 11) is 1.50. The Bertz CT molecular complexity index is 874. The molecule has 1 aromatic carbocycles. The van der Waals surface area contributed by atoms with Crippen molar-refractivity contribution in [2.75, 3.05) is 12.4 Å². The standard InChI is InChI=1S/C22H26N2O2S.CH5N/c1-13-5-2-10-19-18(13)12-20(26-19)27-24-22(25)23-21-16-8-3-6-14(16)11-15-7-4-9-17(15)21;1-2/h11-13H,2-10H2,1H3,(H2,23,24,25);2H2,1H3. The molecule has 0 aliphatic heterocycles. The highest BCUT2D eigenvalue weighted by Gasteiger charge is 2.25. The minimum atomic E-state index is -0.156. The third kappa shape index (κ3) is 4.05. The molecule has 5 nitrogen and oxygen atoms in total. The molecule has 0 bridgehead atoms. The van der Waals surface area contributed by atoms with Gasteiger partial charge in [0.1, 0.15) is 5.76 Å². The number of carbonyl (C=O) groups excluding carboxylic acids is 1. The van der Waals surface area contributed by atoms with Crippen LogP contribution < -0.4 is 15.8 Å². The number of hydrogen-bond donors (Lipinski definition) is 3. The minimum absolute atomic E-state index is 0.156. The fraction of sp³-hybridized carbons (Fsp3) is 0.522. The van der Waals surface area contributed by atoms with Crippen LogP contribution in [0.3, 0.4) is 0 Å². The molecular formula is C23H31N3O2S. The van der Waals surface area contributed by atoms with E-state index in [0.29, 0.717) is 5.92 Å². The predicted molar refractivity (Wildman–Crippen MR) is 119 cm³/mol. The lowest BCUT2D eigenvalue weighted by Gasteiger charge is -2.16. The van der Waals surface area contributed by atoms with Gasteiger partial charge in [0.2, 0.25) is 0 Å². The molecule has 0 saturated carbocycles. The van der Waals surface area contributed by atoms with Crippen LogP contribution in [0.1, 0.15) is 72.1 Å². The highest BCUT2D eigenvalue weighted by atomic mass is 32.2. The fourth-order valence-corrected chi connectivity index (χ4v) is 5.58. The Kier molecular flexibility index (Phi) is 6.20. The third-order valence-electron chi connectivity index (χ3n) is 6.35. The predicted octanol–water partition coefficient (Wildman–Crippen LogP) is 5.10. The summed E-state index contributed by atoms with van der Waals surface area (Å²) in [5, 5.41) is 3.96. The van der Waals surface area contributed by atoms with Crippen LogP contribution in [0, 0.1) is 0 Å². The van der Waals surface area contributed by atoms with Crippen molar-refractivity contribution in [2.24, 2.45) is 5.73 Å². The van der Waals surface area contributed by atoms with Gasteiger partial charge < -0.3 is 15.5 Å². The van der Waals surface area contributed by atoms with Gasteiger partial charge in [0, 0.05) is 24.1 Å². The van der Waals surface area contributed by atoms with Gasteiger partial charge in [0.25, 0.3) is 0 Å². The van der Waals surface area contributed by atoms with Crippen LogP contribution in [-0.2, 0) is 32.1 Å². The second-order valence-electron chi connectivity index (χ2n) is 8.13. The molecule has 1 aromatic heterocycles. The quantitative estimate of drug-likeness (QED) is 0.612. The first-order chi connectivity index (χ1) is 14.2. The van der Waals surface area contributed by atoms with E-state index in [4.69, 9.17) is 4.42 Å². The molecule has 3 aliphatic rings. The van der Waals surface area contributed by atoms with Crippen LogP contribution in [0.15, 0.2) is 21.6 Å². The maximum Gasteiger partial charge on any atom is 0.329 e. The van der Waals surface area contributed by atoms with Crippen molar-refractivity contribution < 1.29 is 9.21 Å². The van der Waals surface area contributed by atoms with E-state index >= 15 is 0 Å². The van der Waals surface area contributed by atoms with Gasteiger partial charge >= 0.3 is 6.03 Å². The average Bonchev–Trinajstić information content (AvgIpc) is 3.47. The molecule has 5 rings (SSSR count). The Labute approximate surface area is 177 Å². The van der Waals surface area contributed by atoms with E-state index in [1.54, 1.807) is 0 Å². The number of fused-ring (bicyclic) bond motifs is 3. The fourth-order valence-electron chi connectivity index (χ4n) is 5.01. The minimum Gasteiger partial charge on any atom is -0.453 e. The van der Waals surface area contributed by atoms with Crippen molar-refractivity contribution in [1.29, 1.82) is 0 Å². The number of carbonyl (C=O) groups is 1. The zero-order valence-corrected chi connectivity index (χ0v) is 18.2. The SMILES string of the molecule is CC1CCCc2oc(SNC(=O)Nc3c4c(cc5c3CCC5)CCC4)cc21.CN. The first-order valence-electron chi connectivity index (χ1n) is 10.8. The Morgan fingerprint density at radius 2 is 1.72 bits per heavy atom. The van der Waals surface area contributed by atoms with E-state index in [1.807, 2.05) is 0 Å². The first-order valence-corrected chi connectivity index (χ1v) is 11.6. The number of anilines is 1. The average molecular weight is 414 g/mol. The summed E-state index contributed by atoms with van der Waals surface area (Å²) in [6.45, 7) is 2.25. The molecule has 4 N–H and O–H groups in total. The van der Waals surface area contributed by atoms with Gasteiger partial charge in [-0.15, -0.1) is 0 Å². The monoisotopic (exact) mass is 413 g/mol. The molecule has 0 radical (unpaired) electrons. The van der Waals surface area contributed by atoms with Gasteiger partial charge in [0.05, 0.1) is 0 Å². The van der Waals surface area contributed by atoms with Crippen molar-refractivity contribution in [1.82, 2.24) is 4.72 Å². The van der Waals surface area contributed by atoms with E-state index in [0.717, 1.165) is 48.6 Å². The van der Waals surface area contributed by atoms with Crippen LogP contribution in [0.25, 0.3) is 0 Å². The van der Waals surface area contributed by atoms with Crippen molar-refractivity contribution >= 4 is 23.7 Å². The van der Waals surface area contributed by atoms with Crippen molar-refractivity contribution in [3.05, 3.63) is 45.7 Å². The number of rotatable bonds is 3. The summed E-state index contributed by atoms with van der Waals surface area (Å²) in [5.41, 5.74) is 12.5. The van der Waals surface area contributed by atoms with Crippen LogP contribution in [0.5, 0.6) is 0 Å².